The maximum absolute atomic E-state index is 11.9. The largest absolute Gasteiger partial charge is 0.413 e. The van der Waals surface area contributed by atoms with Crippen molar-refractivity contribution in [2.45, 2.75) is 84.4 Å². The van der Waals surface area contributed by atoms with Gasteiger partial charge in [0.05, 0.1) is 6.61 Å². The Hall–Kier alpha value is -0.613. The second kappa shape index (κ2) is 9.36. The lowest BCUT2D eigenvalue weighted by Crippen LogP contribution is -2.41. The standard InChI is InChI=1S/C21H41NO2Si/c1-17(15-20(23)22(5)6)13-14-18-11-9-10-12-19(18)16-24-25(7,8)21(2,3)4/h12,17-18H,9-11,13-16H2,1-8H3/t17-,18-/m1/s1. The Morgan fingerprint density at radius 1 is 1.36 bits per heavy atom. The molecule has 146 valence electrons. The van der Waals surface area contributed by atoms with E-state index >= 15 is 0 Å². The van der Waals surface area contributed by atoms with Crippen molar-refractivity contribution in [3.63, 3.8) is 0 Å². The van der Waals surface area contributed by atoms with Crippen molar-refractivity contribution in [1.82, 2.24) is 4.90 Å². The number of rotatable bonds is 8. The number of carbonyl (C=O) groups is 1. The molecule has 0 bridgehead atoms. The average Bonchev–Trinajstić information content (AvgIpc) is 2.50. The third-order valence-electron chi connectivity index (χ3n) is 6.12. The van der Waals surface area contributed by atoms with Crippen LogP contribution in [0, 0.1) is 11.8 Å². The topological polar surface area (TPSA) is 29.5 Å². The van der Waals surface area contributed by atoms with Gasteiger partial charge in [-0.2, -0.15) is 0 Å². The minimum atomic E-state index is -1.69. The fraction of sp³-hybridized carbons (Fsp3) is 0.857. The summed E-state index contributed by atoms with van der Waals surface area (Å²) in [6.45, 7) is 14.6. The van der Waals surface area contributed by atoms with Gasteiger partial charge in [0.15, 0.2) is 8.32 Å². The van der Waals surface area contributed by atoms with Crippen LogP contribution in [-0.2, 0) is 9.22 Å². The minimum absolute atomic E-state index is 0.244. The van der Waals surface area contributed by atoms with E-state index in [-0.39, 0.29) is 10.9 Å². The predicted molar refractivity (Wildman–Crippen MR) is 110 cm³/mol. The fourth-order valence-electron chi connectivity index (χ4n) is 3.06. The predicted octanol–water partition coefficient (Wildman–Crippen LogP) is 5.63. The zero-order valence-corrected chi connectivity index (χ0v) is 18.9. The van der Waals surface area contributed by atoms with Gasteiger partial charge >= 0.3 is 0 Å². The molecule has 1 rings (SSSR count). The van der Waals surface area contributed by atoms with E-state index in [4.69, 9.17) is 4.43 Å². The molecule has 0 aromatic heterocycles. The first-order valence-corrected chi connectivity index (χ1v) is 12.9. The highest BCUT2D eigenvalue weighted by molar-refractivity contribution is 6.74. The quantitative estimate of drug-likeness (QED) is 0.411. The van der Waals surface area contributed by atoms with Crippen LogP contribution in [0.2, 0.25) is 18.1 Å². The minimum Gasteiger partial charge on any atom is -0.413 e. The van der Waals surface area contributed by atoms with Crippen LogP contribution in [0.3, 0.4) is 0 Å². The summed E-state index contributed by atoms with van der Waals surface area (Å²) in [5.41, 5.74) is 1.52. The molecule has 0 aromatic rings. The van der Waals surface area contributed by atoms with Crippen molar-refractivity contribution in [3.8, 4) is 0 Å². The van der Waals surface area contributed by atoms with E-state index in [1.54, 1.807) is 4.90 Å². The molecule has 0 spiro atoms. The first-order chi connectivity index (χ1) is 11.4. The molecule has 0 saturated heterocycles. The van der Waals surface area contributed by atoms with Gasteiger partial charge in [0.1, 0.15) is 0 Å². The molecule has 0 saturated carbocycles. The van der Waals surface area contributed by atoms with Crippen LogP contribution in [-0.4, -0.2) is 39.8 Å². The van der Waals surface area contributed by atoms with Crippen LogP contribution in [0.4, 0.5) is 0 Å². The zero-order valence-electron chi connectivity index (χ0n) is 17.9. The van der Waals surface area contributed by atoms with E-state index in [0.29, 0.717) is 18.3 Å². The number of carbonyl (C=O) groups excluding carboxylic acids is 1. The maximum Gasteiger partial charge on any atom is 0.222 e. The Morgan fingerprint density at radius 3 is 2.56 bits per heavy atom. The molecule has 0 fully saturated rings. The lowest BCUT2D eigenvalue weighted by Gasteiger charge is -2.37. The number of amides is 1. The molecule has 25 heavy (non-hydrogen) atoms. The highest BCUT2D eigenvalue weighted by Crippen LogP contribution is 2.38. The summed E-state index contributed by atoms with van der Waals surface area (Å²) in [5, 5.41) is 0.263. The number of hydrogen-bond donors (Lipinski definition) is 0. The van der Waals surface area contributed by atoms with E-state index < -0.39 is 8.32 Å². The molecule has 0 radical (unpaired) electrons. The zero-order chi connectivity index (χ0) is 19.3. The first-order valence-electron chi connectivity index (χ1n) is 9.97. The van der Waals surface area contributed by atoms with Crippen LogP contribution in [0.5, 0.6) is 0 Å². The molecule has 0 aromatic carbocycles. The van der Waals surface area contributed by atoms with Gasteiger partial charge in [-0.15, -0.1) is 0 Å². The molecule has 1 aliphatic carbocycles. The van der Waals surface area contributed by atoms with Crippen molar-refractivity contribution in [2.75, 3.05) is 20.7 Å². The lowest BCUT2D eigenvalue weighted by atomic mass is 9.83. The first kappa shape index (κ1) is 22.4. The SMILES string of the molecule is C[C@H](CC[C@H]1CCCC=C1CO[Si](C)(C)C(C)(C)C)CC(=O)N(C)C. The van der Waals surface area contributed by atoms with Crippen LogP contribution in [0.1, 0.15) is 66.2 Å². The summed E-state index contributed by atoms with van der Waals surface area (Å²) in [7, 11) is 2.00. The van der Waals surface area contributed by atoms with E-state index in [9.17, 15) is 4.79 Å². The summed E-state index contributed by atoms with van der Waals surface area (Å²) in [4.78, 5) is 13.6. The van der Waals surface area contributed by atoms with Gasteiger partial charge in [0.2, 0.25) is 5.91 Å². The van der Waals surface area contributed by atoms with Gasteiger partial charge in [-0.1, -0.05) is 33.8 Å². The summed E-state index contributed by atoms with van der Waals surface area (Å²) in [6.07, 6.45) is 9.17. The van der Waals surface area contributed by atoms with Crippen molar-refractivity contribution < 1.29 is 9.22 Å². The van der Waals surface area contributed by atoms with Crippen molar-refractivity contribution >= 4 is 14.2 Å². The van der Waals surface area contributed by atoms with Crippen molar-refractivity contribution in [2.24, 2.45) is 11.8 Å². The van der Waals surface area contributed by atoms with E-state index in [0.717, 1.165) is 13.0 Å². The van der Waals surface area contributed by atoms with Gasteiger partial charge < -0.3 is 9.33 Å². The van der Waals surface area contributed by atoms with Crippen LogP contribution < -0.4 is 0 Å². The second-order valence-corrected chi connectivity index (χ2v) is 14.4. The molecule has 3 nitrogen and oxygen atoms in total. The lowest BCUT2D eigenvalue weighted by molar-refractivity contribution is -0.129. The molecule has 4 heteroatoms. The molecule has 1 amide bonds. The van der Waals surface area contributed by atoms with Gasteiger partial charge in [-0.25, -0.2) is 0 Å². The fourth-order valence-corrected chi connectivity index (χ4v) is 4.02. The van der Waals surface area contributed by atoms with Gasteiger partial charge in [0, 0.05) is 20.5 Å². The van der Waals surface area contributed by atoms with Crippen molar-refractivity contribution in [1.29, 1.82) is 0 Å². The molecule has 2 atom stereocenters. The maximum atomic E-state index is 11.9. The summed E-state index contributed by atoms with van der Waals surface area (Å²) < 4.78 is 6.48. The summed E-state index contributed by atoms with van der Waals surface area (Å²) >= 11 is 0. The van der Waals surface area contributed by atoms with Crippen LogP contribution in [0.15, 0.2) is 11.6 Å². The van der Waals surface area contributed by atoms with Gasteiger partial charge in [-0.05, 0) is 67.6 Å². The molecule has 0 aliphatic heterocycles. The highest BCUT2D eigenvalue weighted by Gasteiger charge is 2.37. The molecular formula is C21H41NO2Si. The second-order valence-electron chi connectivity index (χ2n) is 9.63. The van der Waals surface area contributed by atoms with Crippen LogP contribution >= 0.6 is 0 Å². The Balaban J connectivity index is 2.54. The molecular weight excluding hydrogens is 326 g/mol. The normalized spacial score (nSPS) is 20.2. The highest BCUT2D eigenvalue weighted by atomic mass is 28.4. The summed E-state index contributed by atoms with van der Waals surface area (Å²) in [6, 6.07) is 0. The molecule has 0 heterocycles. The third-order valence-corrected chi connectivity index (χ3v) is 10.6. The van der Waals surface area contributed by atoms with Crippen LogP contribution in [0.25, 0.3) is 0 Å². The molecule has 0 unspecified atom stereocenters. The average molecular weight is 368 g/mol. The monoisotopic (exact) mass is 367 g/mol. The van der Waals surface area contributed by atoms with E-state index in [1.807, 2.05) is 14.1 Å². The summed E-state index contributed by atoms with van der Waals surface area (Å²) in [5.74, 6) is 1.35. The smallest absolute Gasteiger partial charge is 0.222 e. The van der Waals surface area contributed by atoms with Gasteiger partial charge in [0.25, 0.3) is 0 Å². The molecule has 1 aliphatic rings. The Labute approximate surface area is 157 Å². The van der Waals surface area contributed by atoms with E-state index in [1.165, 1.54) is 31.3 Å². The Kier molecular flexibility index (Phi) is 8.40. The number of allylic oxidation sites excluding steroid dienone is 1. The van der Waals surface area contributed by atoms with Gasteiger partial charge in [-0.3, -0.25) is 4.79 Å². The van der Waals surface area contributed by atoms with E-state index in [2.05, 4.69) is 46.9 Å². The Morgan fingerprint density at radius 2 is 2.00 bits per heavy atom. The van der Waals surface area contributed by atoms with Crippen molar-refractivity contribution in [3.05, 3.63) is 11.6 Å². The number of hydrogen-bond acceptors (Lipinski definition) is 2. The molecule has 0 N–H and O–H groups in total. The number of nitrogens with zero attached hydrogens (tertiary/aromatic N) is 1. The third kappa shape index (κ3) is 7.26. The Bertz CT molecular complexity index is 463.